The molecule has 1 heterocycles. The van der Waals surface area contributed by atoms with Crippen molar-refractivity contribution < 1.29 is 5.11 Å². The van der Waals surface area contributed by atoms with Gasteiger partial charge in [0.25, 0.3) is 0 Å². The average Bonchev–Trinajstić information content (AvgIpc) is 2.11. The first-order chi connectivity index (χ1) is 4.63. The maximum absolute atomic E-state index is 8.96. The average molecular weight is 288 g/mol. The lowest BCUT2D eigenvalue weighted by Gasteiger charge is -1.92. The molecule has 10 heavy (non-hydrogen) atoms. The molecule has 0 bridgehead atoms. The van der Waals surface area contributed by atoms with E-state index in [-0.39, 0.29) is 5.76 Å². The Balaban J connectivity index is 3.23. The van der Waals surface area contributed by atoms with Gasteiger partial charge in [0.2, 0.25) is 0 Å². The third-order valence-corrected chi connectivity index (χ3v) is 3.04. The number of hydrogen-bond donors (Lipinski definition) is 1. The summed E-state index contributed by atoms with van der Waals surface area (Å²) in [5, 5.41) is 8.96. The number of aliphatic hydroxyl groups is 1. The molecule has 0 radical (unpaired) electrons. The van der Waals surface area contributed by atoms with Crippen molar-refractivity contribution in [1.29, 1.82) is 0 Å². The molecule has 0 saturated heterocycles. The Kier molecular flexibility index (Phi) is 2.54. The van der Waals surface area contributed by atoms with Gasteiger partial charge in [0.15, 0.2) is 0 Å². The van der Waals surface area contributed by atoms with Crippen molar-refractivity contribution in [3.05, 3.63) is 20.2 Å². The summed E-state index contributed by atoms with van der Waals surface area (Å²) < 4.78 is 5.09. The largest absolute Gasteiger partial charge is 0.508 e. The fourth-order valence-electron chi connectivity index (χ4n) is 0.485. The second-order valence-corrected chi connectivity index (χ2v) is 3.97. The van der Waals surface area contributed by atoms with Gasteiger partial charge in [-0.15, -0.1) is 0 Å². The first-order valence-corrected chi connectivity index (χ1v) is 4.55. The highest BCUT2D eigenvalue weighted by atomic mass is 127. The van der Waals surface area contributed by atoms with Crippen LogP contribution < -0.4 is 0 Å². The van der Waals surface area contributed by atoms with Gasteiger partial charge in [-0.1, -0.05) is 18.2 Å². The molecule has 2 nitrogen and oxygen atoms in total. The smallest absolute Gasteiger partial charge is 0.127 e. The van der Waals surface area contributed by atoms with Gasteiger partial charge in [-0.2, -0.15) is 4.37 Å². The summed E-state index contributed by atoms with van der Waals surface area (Å²) in [6.45, 7) is 3.35. The first-order valence-electron chi connectivity index (χ1n) is 2.32. The Morgan fingerprint density at radius 1 is 1.80 bits per heavy atom. The first kappa shape index (κ1) is 8.29. The van der Waals surface area contributed by atoms with E-state index in [1.54, 1.807) is 0 Å². The third-order valence-electron chi connectivity index (χ3n) is 0.897. The van der Waals surface area contributed by atoms with E-state index in [1.165, 1.54) is 0 Å². The lowest BCUT2D eigenvalue weighted by molar-refractivity contribution is 0.513. The number of hydrogen-bond acceptors (Lipinski definition) is 3. The Morgan fingerprint density at radius 3 is 2.60 bits per heavy atom. The summed E-state index contributed by atoms with van der Waals surface area (Å²) in [4.78, 5) is 0. The van der Waals surface area contributed by atoms with E-state index in [0.717, 1.165) is 11.5 Å². The van der Waals surface area contributed by atoms with Crippen molar-refractivity contribution in [3.63, 3.8) is 0 Å². The van der Waals surface area contributed by atoms with Gasteiger partial charge in [0, 0.05) is 0 Å². The molecule has 0 aliphatic carbocycles. The molecule has 0 amide bonds. The van der Waals surface area contributed by atoms with Crippen LogP contribution in [0.1, 0.15) is 5.56 Å². The van der Waals surface area contributed by atoms with Gasteiger partial charge in [0.05, 0.1) is 5.56 Å². The molecule has 1 N–H and O–H groups in total. The number of rotatable bonds is 1. The molecule has 0 unspecified atom stereocenters. The van der Waals surface area contributed by atoms with Crippen LogP contribution in [-0.4, -0.2) is 9.48 Å². The molecule has 0 aliphatic heterocycles. The van der Waals surface area contributed by atoms with Gasteiger partial charge < -0.3 is 5.11 Å². The van der Waals surface area contributed by atoms with Crippen molar-refractivity contribution in [2.24, 2.45) is 0 Å². The van der Waals surface area contributed by atoms with E-state index in [4.69, 9.17) is 16.7 Å². The van der Waals surface area contributed by atoms with Crippen LogP contribution in [0.2, 0.25) is 4.34 Å². The Bertz CT molecular complexity index is 253. The monoisotopic (exact) mass is 287 g/mol. The van der Waals surface area contributed by atoms with Crippen molar-refractivity contribution in [1.82, 2.24) is 4.37 Å². The summed E-state index contributed by atoms with van der Waals surface area (Å²) >= 11 is 8.81. The van der Waals surface area contributed by atoms with Gasteiger partial charge in [0.1, 0.15) is 13.8 Å². The predicted octanol–water partition coefficient (Wildman–Crippen LogP) is 2.93. The fraction of sp³-hybridized carbons (Fsp3) is 0. The van der Waals surface area contributed by atoms with Crippen molar-refractivity contribution in [3.8, 4) is 0 Å². The molecule has 0 atom stereocenters. The maximum atomic E-state index is 8.96. The zero-order valence-corrected chi connectivity index (χ0v) is 8.50. The van der Waals surface area contributed by atoms with Crippen LogP contribution in [0.15, 0.2) is 6.58 Å². The zero-order chi connectivity index (χ0) is 7.72. The lowest BCUT2D eigenvalue weighted by atomic mass is 10.3. The highest BCUT2D eigenvalue weighted by molar-refractivity contribution is 14.1. The summed E-state index contributed by atoms with van der Waals surface area (Å²) in [6, 6.07) is 0. The van der Waals surface area contributed by atoms with Crippen LogP contribution in [-0.2, 0) is 0 Å². The van der Waals surface area contributed by atoms with E-state index in [9.17, 15) is 0 Å². The van der Waals surface area contributed by atoms with E-state index >= 15 is 0 Å². The molecule has 0 aliphatic rings. The van der Waals surface area contributed by atoms with Gasteiger partial charge in [-0.05, 0) is 34.1 Å². The van der Waals surface area contributed by atoms with Crippen molar-refractivity contribution in [2.45, 2.75) is 0 Å². The molecule has 0 fully saturated rings. The molecule has 1 rings (SSSR count). The fourth-order valence-corrected chi connectivity index (χ4v) is 2.56. The zero-order valence-electron chi connectivity index (χ0n) is 4.77. The van der Waals surface area contributed by atoms with Crippen LogP contribution in [0.4, 0.5) is 0 Å². The van der Waals surface area contributed by atoms with Gasteiger partial charge in [-0.25, -0.2) is 0 Å². The molecular formula is C5H3ClINOS. The van der Waals surface area contributed by atoms with E-state index in [0.29, 0.717) is 13.6 Å². The van der Waals surface area contributed by atoms with Crippen LogP contribution in [0.25, 0.3) is 5.76 Å². The summed E-state index contributed by atoms with van der Waals surface area (Å²) in [5.41, 5.74) is 0.548. The quantitative estimate of drug-likeness (QED) is 0.636. The molecule has 1 aromatic rings. The second-order valence-electron chi connectivity index (χ2n) is 1.57. The van der Waals surface area contributed by atoms with Crippen molar-refractivity contribution >= 4 is 51.5 Å². The standard InChI is InChI=1S/C5H3ClINOS/c1-2(9)3-4(6)10-8-5(3)7/h9H,1H2. The van der Waals surface area contributed by atoms with E-state index in [1.807, 2.05) is 22.6 Å². The van der Waals surface area contributed by atoms with Gasteiger partial charge >= 0.3 is 0 Å². The third kappa shape index (κ3) is 1.43. The van der Waals surface area contributed by atoms with Crippen molar-refractivity contribution in [2.75, 3.05) is 0 Å². The number of halogens is 2. The van der Waals surface area contributed by atoms with Crippen LogP contribution in [0.3, 0.4) is 0 Å². The SMILES string of the molecule is C=C(O)c1c(I)nsc1Cl. The maximum Gasteiger partial charge on any atom is 0.127 e. The number of nitrogens with zero attached hydrogens (tertiary/aromatic N) is 1. The lowest BCUT2D eigenvalue weighted by Crippen LogP contribution is -1.81. The predicted molar refractivity (Wildman–Crippen MR) is 51.5 cm³/mol. The molecule has 0 spiro atoms. The minimum Gasteiger partial charge on any atom is -0.508 e. The molecular weight excluding hydrogens is 284 g/mol. The Morgan fingerprint density at radius 2 is 2.40 bits per heavy atom. The van der Waals surface area contributed by atoms with Crippen LogP contribution in [0, 0.1) is 3.70 Å². The minimum absolute atomic E-state index is 0.0249. The highest BCUT2D eigenvalue weighted by Crippen LogP contribution is 2.29. The van der Waals surface area contributed by atoms with E-state index in [2.05, 4.69) is 11.0 Å². The second kappa shape index (κ2) is 3.06. The van der Waals surface area contributed by atoms with Gasteiger partial charge in [-0.3, -0.25) is 0 Å². The molecule has 5 heteroatoms. The Hall–Kier alpha value is 0.190. The summed E-state index contributed by atoms with van der Waals surface area (Å²) in [6.07, 6.45) is 0. The molecule has 1 aromatic heterocycles. The minimum atomic E-state index is -0.0249. The van der Waals surface area contributed by atoms with Crippen LogP contribution in [0.5, 0.6) is 0 Å². The van der Waals surface area contributed by atoms with E-state index < -0.39 is 0 Å². The number of aromatic nitrogens is 1. The van der Waals surface area contributed by atoms with Crippen LogP contribution >= 0.6 is 45.7 Å². The Labute approximate surface area is 80.8 Å². The molecule has 0 aromatic carbocycles. The normalized spacial score (nSPS) is 9.80. The number of aliphatic hydroxyl groups excluding tert-OH is 1. The molecule has 0 saturated carbocycles. The highest BCUT2D eigenvalue weighted by Gasteiger charge is 2.11. The summed E-state index contributed by atoms with van der Waals surface area (Å²) in [5.74, 6) is -0.0249. The summed E-state index contributed by atoms with van der Waals surface area (Å²) in [7, 11) is 0. The topological polar surface area (TPSA) is 33.1 Å². The molecule has 54 valence electrons.